The molecule has 0 aliphatic carbocycles. The summed E-state index contributed by atoms with van der Waals surface area (Å²) < 4.78 is 1.11. The first-order valence-electron chi connectivity index (χ1n) is 11.9. The Morgan fingerprint density at radius 3 is 2.51 bits per heavy atom. The SMILES string of the molecule is CN(C)c1nc2cc(NC(=O)c3ccc(-c4ccccc4)c(CN4CCCCC4)c3)ccc2s1.Cl. The molecule has 5 rings (SSSR count). The van der Waals surface area contributed by atoms with Crippen LogP contribution < -0.4 is 10.2 Å². The molecule has 0 spiro atoms. The molecule has 1 amide bonds. The molecular weight excluding hydrogens is 476 g/mol. The number of nitrogens with zero attached hydrogens (tertiary/aromatic N) is 3. The van der Waals surface area contributed by atoms with Crippen LogP contribution in [0.15, 0.2) is 66.7 Å². The molecule has 1 aliphatic rings. The Balaban J connectivity index is 0.00000289. The molecule has 0 unspecified atom stereocenters. The van der Waals surface area contributed by atoms with Crippen molar-refractivity contribution in [2.45, 2.75) is 25.8 Å². The maximum absolute atomic E-state index is 13.2. The molecule has 1 aliphatic heterocycles. The molecule has 1 N–H and O–H groups in total. The van der Waals surface area contributed by atoms with Gasteiger partial charge in [0.2, 0.25) is 0 Å². The number of fused-ring (bicyclic) bond motifs is 1. The third-order valence-electron chi connectivity index (χ3n) is 6.31. The zero-order valence-corrected chi connectivity index (χ0v) is 21.8. The monoisotopic (exact) mass is 506 g/mol. The van der Waals surface area contributed by atoms with Crippen LogP contribution in [0.1, 0.15) is 35.2 Å². The smallest absolute Gasteiger partial charge is 0.255 e. The molecule has 2 heterocycles. The van der Waals surface area contributed by atoms with Gasteiger partial charge in [0.05, 0.1) is 10.2 Å². The highest BCUT2D eigenvalue weighted by atomic mass is 35.5. The van der Waals surface area contributed by atoms with Crippen molar-refractivity contribution in [1.29, 1.82) is 0 Å². The second-order valence-corrected chi connectivity index (χ2v) is 10.1. The predicted molar refractivity (Wildman–Crippen MR) is 150 cm³/mol. The summed E-state index contributed by atoms with van der Waals surface area (Å²) in [7, 11) is 3.97. The molecule has 1 fully saturated rings. The number of hydrogen-bond acceptors (Lipinski definition) is 5. The first-order valence-corrected chi connectivity index (χ1v) is 12.7. The molecule has 1 saturated heterocycles. The number of rotatable bonds is 6. The lowest BCUT2D eigenvalue weighted by Crippen LogP contribution is -2.29. The molecular formula is C28H31ClN4OS. The van der Waals surface area contributed by atoms with Crippen molar-refractivity contribution in [2.75, 3.05) is 37.4 Å². The van der Waals surface area contributed by atoms with E-state index in [0.717, 1.165) is 40.7 Å². The van der Waals surface area contributed by atoms with Gasteiger partial charge in [-0.2, -0.15) is 0 Å². The third-order valence-corrected chi connectivity index (χ3v) is 7.52. The Morgan fingerprint density at radius 1 is 1.00 bits per heavy atom. The molecule has 0 saturated carbocycles. The van der Waals surface area contributed by atoms with Gasteiger partial charge in [-0.15, -0.1) is 12.4 Å². The van der Waals surface area contributed by atoms with Crippen LogP contribution in [0.2, 0.25) is 0 Å². The van der Waals surface area contributed by atoms with Crippen molar-refractivity contribution in [3.05, 3.63) is 77.9 Å². The van der Waals surface area contributed by atoms with Crippen molar-refractivity contribution in [3.8, 4) is 11.1 Å². The Morgan fingerprint density at radius 2 is 1.77 bits per heavy atom. The van der Waals surface area contributed by atoms with Gasteiger partial charge in [-0.05, 0) is 73.0 Å². The number of benzene rings is 3. The minimum Gasteiger partial charge on any atom is -0.354 e. The van der Waals surface area contributed by atoms with Gasteiger partial charge in [0.1, 0.15) is 0 Å². The minimum absolute atomic E-state index is 0. The van der Waals surface area contributed by atoms with E-state index in [4.69, 9.17) is 0 Å². The Bertz CT molecular complexity index is 1300. The van der Waals surface area contributed by atoms with Crippen molar-refractivity contribution in [3.63, 3.8) is 0 Å². The summed E-state index contributed by atoms with van der Waals surface area (Å²) in [6.45, 7) is 3.10. The number of carbonyl (C=O) groups excluding carboxylic acids is 1. The summed E-state index contributed by atoms with van der Waals surface area (Å²) in [5.41, 5.74) is 5.93. The highest BCUT2D eigenvalue weighted by Crippen LogP contribution is 2.30. The molecule has 0 atom stereocenters. The summed E-state index contributed by atoms with van der Waals surface area (Å²) in [5, 5.41) is 4.03. The Hall–Kier alpha value is -2.93. The molecule has 35 heavy (non-hydrogen) atoms. The van der Waals surface area contributed by atoms with Crippen molar-refractivity contribution < 1.29 is 4.79 Å². The normalized spacial score (nSPS) is 13.9. The van der Waals surface area contributed by atoms with E-state index >= 15 is 0 Å². The van der Waals surface area contributed by atoms with Crippen LogP contribution in [0.3, 0.4) is 0 Å². The van der Waals surface area contributed by atoms with E-state index in [1.165, 1.54) is 36.0 Å². The molecule has 0 radical (unpaired) electrons. The maximum atomic E-state index is 13.2. The van der Waals surface area contributed by atoms with Crippen LogP contribution in [-0.2, 0) is 6.54 Å². The first kappa shape index (κ1) is 25.2. The van der Waals surface area contributed by atoms with E-state index in [1.54, 1.807) is 11.3 Å². The molecule has 7 heteroatoms. The number of thiazole rings is 1. The summed E-state index contributed by atoms with van der Waals surface area (Å²) >= 11 is 1.64. The molecule has 4 aromatic rings. The van der Waals surface area contributed by atoms with Gasteiger partial charge >= 0.3 is 0 Å². The fourth-order valence-corrected chi connectivity index (χ4v) is 5.38. The topological polar surface area (TPSA) is 48.5 Å². The predicted octanol–water partition coefficient (Wildman–Crippen LogP) is 6.69. The van der Waals surface area contributed by atoms with E-state index < -0.39 is 0 Å². The molecule has 1 aromatic heterocycles. The molecule has 182 valence electrons. The lowest BCUT2D eigenvalue weighted by atomic mass is 9.96. The van der Waals surface area contributed by atoms with E-state index in [9.17, 15) is 4.79 Å². The van der Waals surface area contributed by atoms with Gasteiger partial charge in [-0.3, -0.25) is 9.69 Å². The number of anilines is 2. The number of likely N-dealkylation sites (tertiary alicyclic amines) is 1. The van der Waals surface area contributed by atoms with Crippen LogP contribution in [0.5, 0.6) is 0 Å². The van der Waals surface area contributed by atoms with Crippen molar-refractivity contribution >= 4 is 50.7 Å². The fraction of sp³-hybridized carbons (Fsp3) is 0.286. The zero-order chi connectivity index (χ0) is 23.5. The average Bonchev–Trinajstić information content (AvgIpc) is 3.29. The Labute approximate surface area is 217 Å². The van der Waals surface area contributed by atoms with Gasteiger partial charge in [0.15, 0.2) is 5.13 Å². The van der Waals surface area contributed by atoms with Gasteiger partial charge in [-0.1, -0.05) is 54.2 Å². The lowest BCUT2D eigenvalue weighted by molar-refractivity contribution is 0.102. The molecule has 3 aromatic carbocycles. The van der Waals surface area contributed by atoms with E-state index in [2.05, 4.69) is 51.6 Å². The Kier molecular flexibility index (Phi) is 8.06. The number of nitrogens with one attached hydrogen (secondary N) is 1. The third kappa shape index (κ3) is 5.84. The second kappa shape index (κ2) is 11.2. The quantitative estimate of drug-likeness (QED) is 0.316. The summed E-state index contributed by atoms with van der Waals surface area (Å²) in [5.74, 6) is -0.0954. The van der Waals surface area contributed by atoms with E-state index in [0.29, 0.717) is 5.56 Å². The standard InChI is InChI=1S/C28H30N4OS.ClH/c1-31(2)28-30-25-18-23(12-14-26(25)34-28)29-27(33)21-11-13-24(20-9-5-3-6-10-20)22(17-21)19-32-15-7-4-8-16-32;/h3,5-6,9-14,17-18H,4,7-8,15-16,19H2,1-2H3,(H,29,33);1H. The number of hydrogen-bond donors (Lipinski definition) is 1. The van der Waals surface area contributed by atoms with Crippen molar-refractivity contribution in [2.24, 2.45) is 0 Å². The van der Waals surface area contributed by atoms with E-state index in [-0.39, 0.29) is 18.3 Å². The first-order chi connectivity index (χ1) is 16.6. The summed E-state index contributed by atoms with van der Waals surface area (Å²) in [6, 6.07) is 22.5. The maximum Gasteiger partial charge on any atom is 0.255 e. The van der Waals surface area contributed by atoms with Crippen LogP contribution in [0.4, 0.5) is 10.8 Å². The average molecular weight is 507 g/mol. The molecule has 5 nitrogen and oxygen atoms in total. The number of aromatic nitrogens is 1. The van der Waals surface area contributed by atoms with Crippen LogP contribution >= 0.6 is 23.7 Å². The fourth-order valence-electron chi connectivity index (χ4n) is 4.51. The van der Waals surface area contributed by atoms with Crippen LogP contribution in [-0.4, -0.2) is 43.0 Å². The van der Waals surface area contributed by atoms with Crippen LogP contribution in [0, 0.1) is 0 Å². The van der Waals surface area contributed by atoms with E-state index in [1.807, 2.05) is 49.3 Å². The van der Waals surface area contributed by atoms with Gasteiger partial charge < -0.3 is 10.2 Å². The minimum atomic E-state index is -0.0954. The summed E-state index contributed by atoms with van der Waals surface area (Å²) in [6.07, 6.45) is 3.80. The van der Waals surface area contributed by atoms with Gasteiger partial charge in [0.25, 0.3) is 5.91 Å². The van der Waals surface area contributed by atoms with Gasteiger partial charge in [-0.25, -0.2) is 4.98 Å². The summed E-state index contributed by atoms with van der Waals surface area (Å²) in [4.78, 5) is 22.4. The highest BCUT2D eigenvalue weighted by Gasteiger charge is 2.16. The number of carbonyl (C=O) groups is 1. The van der Waals surface area contributed by atoms with Gasteiger partial charge in [0, 0.05) is 31.9 Å². The van der Waals surface area contributed by atoms with Crippen molar-refractivity contribution in [1.82, 2.24) is 9.88 Å². The van der Waals surface area contributed by atoms with Crippen LogP contribution in [0.25, 0.3) is 21.3 Å². The lowest BCUT2D eigenvalue weighted by Gasteiger charge is -2.27. The number of amides is 1. The molecule has 0 bridgehead atoms. The number of piperidine rings is 1. The second-order valence-electron chi connectivity index (χ2n) is 9.10. The number of halogens is 1. The zero-order valence-electron chi connectivity index (χ0n) is 20.2. The highest BCUT2D eigenvalue weighted by molar-refractivity contribution is 7.22. The largest absolute Gasteiger partial charge is 0.354 e.